The second kappa shape index (κ2) is 11.5. The van der Waals surface area contributed by atoms with E-state index >= 15 is 0 Å². The van der Waals surface area contributed by atoms with Gasteiger partial charge in [0.25, 0.3) is 0 Å². The van der Waals surface area contributed by atoms with Gasteiger partial charge in [0.05, 0.1) is 18.3 Å². The summed E-state index contributed by atoms with van der Waals surface area (Å²) in [7, 11) is 0. The Morgan fingerprint density at radius 3 is 2.68 bits per heavy atom. The zero-order valence-corrected chi connectivity index (χ0v) is 17.7. The third-order valence-corrected chi connectivity index (χ3v) is 5.07. The minimum absolute atomic E-state index is 0.101. The minimum atomic E-state index is -2.85. The number of hydrogen-bond donors (Lipinski definition) is 3. The van der Waals surface area contributed by atoms with Crippen LogP contribution in [0.1, 0.15) is 18.9 Å². The molecule has 0 bridgehead atoms. The van der Waals surface area contributed by atoms with Gasteiger partial charge < -0.3 is 25.4 Å². The minimum Gasteiger partial charge on any atom is -0.433 e. The van der Waals surface area contributed by atoms with E-state index in [1.165, 1.54) is 0 Å². The Kier molecular flexibility index (Phi) is 8.46. The number of anilines is 1. The fourth-order valence-electron chi connectivity index (χ4n) is 3.67. The summed E-state index contributed by atoms with van der Waals surface area (Å²) in [5, 5.41) is 16.9. The van der Waals surface area contributed by atoms with Gasteiger partial charge in [-0.05, 0) is 31.0 Å². The fourth-order valence-corrected chi connectivity index (χ4v) is 3.67. The van der Waals surface area contributed by atoms with E-state index in [9.17, 15) is 13.9 Å². The summed E-state index contributed by atoms with van der Waals surface area (Å²) in [6, 6.07) is 16.8. The second-order valence-corrected chi connectivity index (χ2v) is 7.49. The number of halogens is 2. The van der Waals surface area contributed by atoms with Crippen molar-refractivity contribution in [1.82, 2.24) is 10.6 Å². The van der Waals surface area contributed by atoms with Crippen molar-refractivity contribution >= 4 is 11.6 Å². The highest BCUT2D eigenvalue weighted by molar-refractivity contribution is 5.80. The van der Waals surface area contributed by atoms with E-state index in [0.717, 1.165) is 18.5 Å². The van der Waals surface area contributed by atoms with Gasteiger partial charge in [0.15, 0.2) is 5.96 Å². The molecule has 1 heterocycles. The summed E-state index contributed by atoms with van der Waals surface area (Å²) in [6.45, 7) is 1.47. The van der Waals surface area contributed by atoms with E-state index in [1.54, 1.807) is 18.2 Å². The molecule has 2 atom stereocenters. The van der Waals surface area contributed by atoms with Crippen LogP contribution in [-0.4, -0.2) is 56.0 Å². The first-order chi connectivity index (χ1) is 15.0. The average Bonchev–Trinajstić information content (AvgIpc) is 3.21. The molecule has 2 aromatic carbocycles. The number of hydrogen-bond acceptors (Lipinski definition) is 4. The number of aliphatic imine (C=N–C) groups is 1. The average molecular weight is 433 g/mol. The molecule has 0 amide bonds. The lowest BCUT2D eigenvalue weighted by atomic mass is 10.1. The highest BCUT2D eigenvalue weighted by Gasteiger charge is 2.26. The Bertz CT molecular complexity index is 835. The second-order valence-electron chi connectivity index (χ2n) is 7.49. The molecule has 31 heavy (non-hydrogen) atoms. The molecule has 1 fully saturated rings. The summed E-state index contributed by atoms with van der Waals surface area (Å²) in [6.07, 6.45) is 0.804. The lowest BCUT2D eigenvalue weighted by molar-refractivity contribution is -0.0495. The summed E-state index contributed by atoms with van der Waals surface area (Å²) in [5.41, 5.74) is 1.73. The quantitative estimate of drug-likeness (QED) is 0.420. The molecule has 6 nitrogen and oxygen atoms in total. The fraction of sp³-hybridized carbons (Fsp3) is 0.435. The van der Waals surface area contributed by atoms with Crippen molar-refractivity contribution in [2.45, 2.75) is 38.5 Å². The number of benzene rings is 2. The Labute approximate surface area is 181 Å². The molecule has 3 N–H and O–H groups in total. The SMILES string of the molecule is CCNC(=NCC(O)Cc1ccccc1)NC1CCN(c2ccccc2OC(F)F)C1. The predicted molar refractivity (Wildman–Crippen MR) is 119 cm³/mol. The maximum absolute atomic E-state index is 12.7. The molecule has 3 rings (SSSR count). The molecule has 0 aliphatic carbocycles. The summed E-state index contributed by atoms with van der Waals surface area (Å²) >= 11 is 0. The smallest absolute Gasteiger partial charge is 0.387 e. The number of nitrogens with one attached hydrogen (secondary N) is 2. The van der Waals surface area contributed by atoms with Crippen LogP contribution in [0.2, 0.25) is 0 Å². The van der Waals surface area contributed by atoms with Crippen LogP contribution in [0.5, 0.6) is 5.75 Å². The van der Waals surface area contributed by atoms with E-state index in [0.29, 0.717) is 31.2 Å². The Hall–Kier alpha value is -2.87. The van der Waals surface area contributed by atoms with Crippen LogP contribution in [0.25, 0.3) is 0 Å². The van der Waals surface area contributed by atoms with Crippen LogP contribution in [0.4, 0.5) is 14.5 Å². The van der Waals surface area contributed by atoms with Crippen LogP contribution >= 0.6 is 0 Å². The first-order valence-corrected chi connectivity index (χ1v) is 10.6. The molecule has 1 saturated heterocycles. The highest BCUT2D eigenvalue weighted by Crippen LogP contribution is 2.31. The lowest BCUT2D eigenvalue weighted by Gasteiger charge is -2.22. The lowest BCUT2D eigenvalue weighted by Crippen LogP contribution is -2.45. The molecule has 1 aliphatic rings. The van der Waals surface area contributed by atoms with Crippen molar-refractivity contribution in [2.24, 2.45) is 4.99 Å². The summed E-state index contributed by atoms with van der Waals surface area (Å²) < 4.78 is 30.1. The Morgan fingerprint density at radius 2 is 1.94 bits per heavy atom. The number of rotatable bonds is 9. The summed E-state index contributed by atoms with van der Waals surface area (Å²) in [5.74, 6) is 0.821. The Morgan fingerprint density at radius 1 is 1.19 bits per heavy atom. The number of aliphatic hydroxyl groups excluding tert-OH is 1. The van der Waals surface area contributed by atoms with E-state index in [4.69, 9.17) is 0 Å². The number of guanidine groups is 1. The maximum atomic E-state index is 12.7. The van der Waals surface area contributed by atoms with Crippen LogP contribution in [0.3, 0.4) is 0 Å². The molecule has 0 spiro atoms. The topological polar surface area (TPSA) is 69.1 Å². The van der Waals surface area contributed by atoms with Gasteiger partial charge in [-0.3, -0.25) is 4.99 Å². The summed E-state index contributed by atoms with van der Waals surface area (Å²) in [4.78, 5) is 6.56. The van der Waals surface area contributed by atoms with Gasteiger partial charge in [0.2, 0.25) is 0 Å². The molecule has 8 heteroatoms. The number of nitrogens with zero attached hydrogens (tertiary/aromatic N) is 2. The van der Waals surface area contributed by atoms with Crippen LogP contribution < -0.4 is 20.3 Å². The molecule has 0 aromatic heterocycles. The van der Waals surface area contributed by atoms with Gasteiger partial charge >= 0.3 is 6.61 Å². The van der Waals surface area contributed by atoms with Crippen molar-refractivity contribution in [1.29, 1.82) is 0 Å². The van der Waals surface area contributed by atoms with Gasteiger partial charge in [0, 0.05) is 32.1 Å². The molecular weight excluding hydrogens is 402 g/mol. The third kappa shape index (κ3) is 7.10. The first kappa shape index (κ1) is 22.8. The molecule has 0 radical (unpaired) electrons. The molecule has 2 unspecified atom stereocenters. The van der Waals surface area contributed by atoms with Crippen molar-refractivity contribution in [3.05, 3.63) is 60.2 Å². The van der Waals surface area contributed by atoms with Crippen molar-refractivity contribution in [3.8, 4) is 5.75 Å². The zero-order chi connectivity index (χ0) is 22.1. The predicted octanol–water partition coefficient (Wildman–Crippen LogP) is 3.03. The van der Waals surface area contributed by atoms with Crippen LogP contribution in [0.15, 0.2) is 59.6 Å². The van der Waals surface area contributed by atoms with Crippen molar-refractivity contribution < 1.29 is 18.6 Å². The number of ether oxygens (including phenoxy) is 1. The number of alkyl halides is 2. The van der Waals surface area contributed by atoms with Crippen LogP contribution in [0, 0.1) is 0 Å². The van der Waals surface area contributed by atoms with E-state index in [1.807, 2.05) is 48.2 Å². The van der Waals surface area contributed by atoms with Crippen molar-refractivity contribution in [2.75, 3.05) is 31.1 Å². The maximum Gasteiger partial charge on any atom is 0.387 e. The molecular formula is C23H30F2N4O2. The van der Waals surface area contributed by atoms with Gasteiger partial charge in [-0.1, -0.05) is 42.5 Å². The van der Waals surface area contributed by atoms with Gasteiger partial charge in [-0.25, -0.2) is 0 Å². The molecule has 0 saturated carbocycles. The van der Waals surface area contributed by atoms with E-state index < -0.39 is 12.7 Å². The van der Waals surface area contributed by atoms with Gasteiger partial charge in [-0.2, -0.15) is 8.78 Å². The van der Waals surface area contributed by atoms with Crippen LogP contribution in [-0.2, 0) is 6.42 Å². The van der Waals surface area contributed by atoms with Gasteiger partial charge in [0.1, 0.15) is 5.75 Å². The van der Waals surface area contributed by atoms with E-state index in [-0.39, 0.29) is 18.3 Å². The first-order valence-electron chi connectivity index (χ1n) is 10.6. The monoisotopic (exact) mass is 432 g/mol. The number of aliphatic hydroxyl groups is 1. The zero-order valence-electron chi connectivity index (χ0n) is 17.7. The number of para-hydroxylation sites is 2. The molecule has 168 valence electrons. The Balaban J connectivity index is 1.57. The normalized spacial score (nSPS) is 17.6. The third-order valence-electron chi connectivity index (χ3n) is 5.07. The highest BCUT2D eigenvalue weighted by atomic mass is 19.3. The standard InChI is InChI=1S/C23H30F2N4O2/c1-2-26-23(27-15-19(30)14-17-8-4-3-5-9-17)28-18-12-13-29(16-18)20-10-6-7-11-21(20)31-22(24)25/h3-11,18-19,22,30H,2,12-16H2,1H3,(H2,26,27,28). The molecule has 2 aromatic rings. The molecule has 1 aliphatic heterocycles. The van der Waals surface area contributed by atoms with E-state index in [2.05, 4.69) is 20.4 Å². The largest absolute Gasteiger partial charge is 0.433 e. The van der Waals surface area contributed by atoms with Gasteiger partial charge in [-0.15, -0.1) is 0 Å². The van der Waals surface area contributed by atoms with Crippen molar-refractivity contribution in [3.63, 3.8) is 0 Å².